The largest absolute Gasteiger partial charge is 0.390 e. The summed E-state index contributed by atoms with van der Waals surface area (Å²) in [4.78, 5) is 0. The molecular formula is C12H16O3. The van der Waals surface area contributed by atoms with Crippen LogP contribution in [0.1, 0.15) is 12.8 Å². The van der Waals surface area contributed by atoms with Gasteiger partial charge in [0.2, 0.25) is 0 Å². The third-order valence-electron chi connectivity index (χ3n) is 3.54. The second kappa shape index (κ2) is 3.74. The van der Waals surface area contributed by atoms with Crippen molar-refractivity contribution < 1.29 is 14.6 Å². The van der Waals surface area contributed by atoms with Gasteiger partial charge in [-0.2, -0.15) is 0 Å². The van der Waals surface area contributed by atoms with Crippen LogP contribution in [0.2, 0.25) is 0 Å². The lowest BCUT2D eigenvalue weighted by atomic mass is 9.80. The fourth-order valence-electron chi connectivity index (χ4n) is 2.74. The minimum absolute atomic E-state index is 0.0707. The molecule has 2 heterocycles. The Hall–Kier alpha value is -0.640. The van der Waals surface area contributed by atoms with Crippen LogP contribution in [0.3, 0.4) is 0 Å². The number of allylic oxidation sites excluding steroid dienone is 1. The van der Waals surface area contributed by atoms with Crippen LogP contribution < -0.4 is 0 Å². The zero-order valence-corrected chi connectivity index (χ0v) is 8.58. The number of aliphatic hydroxyl groups excluding tert-OH is 1. The lowest BCUT2D eigenvalue weighted by Crippen LogP contribution is -2.55. The first-order valence-corrected chi connectivity index (χ1v) is 5.65. The SMILES string of the molecule is OC1C2CCC=CC2OC2C=CCOC21. The Bertz CT molecular complexity index is 269. The van der Waals surface area contributed by atoms with Crippen molar-refractivity contribution in [1.82, 2.24) is 0 Å². The summed E-state index contributed by atoms with van der Waals surface area (Å²) in [5, 5.41) is 10.2. The van der Waals surface area contributed by atoms with Crippen molar-refractivity contribution in [2.24, 2.45) is 5.92 Å². The van der Waals surface area contributed by atoms with E-state index < -0.39 is 0 Å². The summed E-state index contributed by atoms with van der Waals surface area (Å²) in [5.74, 6) is 0.211. The summed E-state index contributed by atoms with van der Waals surface area (Å²) in [6.45, 7) is 0.592. The molecule has 0 radical (unpaired) electrons. The van der Waals surface area contributed by atoms with Gasteiger partial charge in [0.05, 0.1) is 18.8 Å². The maximum Gasteiger partial charge on any atom is 0.114 e. The molecule has 0 aromatic rings. The molecular weight excluding hydrogens is 192 g/mol. The molecule has 82 valence electrons. The van der Waals surface area contributed by atoms with Crippen molar-refractivity contribution in [2.75, 3.05) is 6.61 Å². The Balaban J connectivity index is 1.86. The van der Waals surface area contributed by atoms with Crippen molar-refractivity contribution in [2.45, 2.75) is 37.3 Å². The van der Waals surface area contributed by atoms with Gasteiger partial charge < -0.3 is 14.6 Å². The van der Waals surface area contributed by atoms with E-state index in [-0.39, 0.29) is 30.3 Å². The molecule has 3 aliphatic rings. The number of rotatable bonds is 0. The number of ether oxygens (including phenoxy) is 2. The van der Waals surface area contributed by atoms with Crippen LogP contribution in [-0.4, -0.2) is 36.1 Å². The Morgan fingerprint density at radius 3 is 2.93 bits per heavy atom. The van der Waals surface area contributed by atoms with Gasteiger partial charge in [-0.15, -0.1) is 0 Å². The third kappa shape index (κ3) is 1.55. The fraction of sp³-hybridized carbons (Fsp3) is 0.667. The molecule has 1 aliphatic carbocycles. The van der Waals surface area contributed by atoms with E-state index in [0.29, 0.717) is 6.61 Å². The van der Waals surface area contributed by atoms with Gasteiger partial charge in [0.15, 0.2) is 0 Å². The van der Waals surface area contributed by atoms with Gasteiger partial charge >= 0.3 is 0 Å². The van der Waals surface area contributed by atoms with Crippen LogP contribution in [0.15, 0.2) is 24.3 Å². The summed E-state index contributed by atoms with van der Waals surface area (Å²) in [6.07, 6.45) is 9.67. The van der Waals surface area contributed by atoms with E-state index in [4.69, 9.17) is 9.47 Å². The summed E-state index contributed by atoms with van der Waals surface area (Å²) >= 11 is 0. The van der Waals surface area contributed by atoms with Crippen molar-refractivity contribution in [3.8, 4) is 0 Å². The minimum Gasteiger partial charge on any atom is -0.390 e. The predicted molar refractivity (Wildman–Crippen MR) is 55.4 cm³/mol. The summed E-state index contributed by atoms with van der Waals surface area (Å²) in [5.41, 5.74) is 0. The number of fused-ring (bicyclic) bond motifs is 2. The zero-order valence-electron chi connectivity index (χ0n) is 8.58. The lowest BCUT2D eigenvalue weighted by molar-refractivity contribution is -0.194. The predicted octanol–water partition coefficient (Wildman–Crippen LogP) is 1.04. The van der Waals surface area contributed by atoms with Crippen molar-refractivity contribution in [1.29, 1.82) is 0 Å². The fourth-order valence-corrected chi connectivity index (χ4v) is 2.74. The molecule has 0 spiro atoms. The molecule has 0 aromatic heterocycles. The van der Waals surface area contributed by atoms with Crippen LogP contribution in [0.4, 0.5) is 0 Å². The second-order valence-corrected chi connectivity index (χ2v) is 4.45. The molecule has 1 fully saturated rings. The van der Waals surface area contributed by atoms with Gasteiger partial charge in [-0.25, -0.2) is 0 Å². The van der Waals surface area contributed by atoms with Gasteiger partial charge in [0.25, 0.3) is 0 Å². The van der Waals surface area contributed by atoms with Crippen molar-refractivity contribution in [3.05, 3.63) is 24.3 Å². The van der Waals surface area contributed by atoms with Gasteiger partial charge in [-0.1, -0.05) is 24.3 Å². The van der Waals surface area contributed by atoms with Crippen LogP contribution in [-0.2, 0) is 9.47 Å². The number of hydrogen-bond acceptors (Lipinski definition) is 3. The number of aliphatic hydroxyl groups is 1. The lowest BCUT2D eigenvalue weighted by Gasteiger charge is -2.45. The van der Waals surface area contributed by atoms with Crippen LogP contribution in [0, 0.1) is 5.92 Å². The van der Waals surface area contributed by atoms with E-state index in [1.807, 2.05) is 12.2 Å². The highest BCUT2D eigenvalue weighted by Crippen LogP contribution is 2.35. The zero-order chi connectivity index (χ0) is 10.3. The van der Waals surface area contributed by atoms with Crippen molar-refractivity contribution >= 4 is 0 Å². The molecule has 5 atom stereocenters. The van der Waals surface area contributed by atoms with E-state index in [9.17, 15) is 5.11 Å². The van der Waals surface area contributed by atoms with Crippen LogP contribution in [0.25, 0.3) is 0 Å². The highest BCUT2D eigenvalue weighted by molar-refractivity contribution is 5.11. The molecule has 3 rings (SSSR count). The minimum atomic E-state index is -0.386. The normalized spacial score (nSPS) is 48.5. The topological polar surface area (TPSA) is 38.7 Å². The molecule has 0 aromatic carbocycles. The monoisotopic (exact) mass is 208 g/mol. The Morgan fingerprint density at radius 1 is 1.13 bits per heavy atom. The maximum absolute atomic E-state index is 10.2. The van der Waals surface area contributed by atoms with E-state index in [0.717, 1.165) is 12.8 Å². The standard InChI is InChI=1S/C12H16O3/c13-11-8-4-1-2-5-9(8)15-10-6-3-7-14-12(10)11/h2-3,5-6,8-13H,1,4,7H2. The first-order chi connectivity index (χ1) is 7.36. The van der Waals surface area contributed by atoms with Crippen molar-refractivity contribution in [3.63, 3.8) is 0 Å². The van der Waals surface area contributed by atoms with E-state index in [1.54, 1.807) is 0 Å². The molecule has 2 aliphatic heterocycles. The molecule has 15 heavy (non-hydrogen) atoms. The van der Waals surface area contributed by atoms with Gasteiger partial charge in [0, 0.05) is 5.92 Å². The smallest absolute Gasteiger partial charge is 0.114 e. The molecule has 3 nitrogen and oxygen atoms in total. The average Bonchev–Trinajstić information content (AvgIpc) is 2.30. The van der Waals surface area contributed by atoms with E-state index >= 15 is 0 Å². The second-order valence-electron chi connectivity index (χ2n) is 4.45. The first-order valence-electron chi connectivity index (χ1n) is 5.65. The molecule has 0 saturated carbocycles. The van der Waals surface area contributed by atoms with Crippen LogP contribution in [0.5, 0.6) is 0 Å². The Kier molecular flexibility index (Phi) is 2.39. The molecule has 0 amide bonds. The third-order valence-corrected chi connectivity index (χ3v) is 3.54. The Labute approximate surface area is 89.4 Å². The molecule has 1 N–H and O–H groups in total. The highest BCUT2D eigenvalue weighted by Gasteiger charge is 2.44. The average molecular weight is 208 g/mol. The molecule has 0 bridgehead atoms. The summed E-state index contributed by atoms with van der Waals surface area (Å²) in [7, 11) is 0. The van der Waals surface area contributed by atoms with E-state index in [2.05, 4.69) is 12.2 Å². The Morgan fingerprint density at radius 2 is 2.00 bits per heavy atom. The number of hydrogen-bond donors (Lipinski definition) is 1. The van der Waals surface area contributed by atoms with Crippen LogP contribution >= 0.6 is 0 Å². The molecule has 1 saturated heterocycles. The maximum atomic E-state index is 10.2. The summed E-state index contributed by atoms with van der Waals surface area (Å²) < 4.78 is 11.5. The van der Waals surface area contributed by atoms with Gasteiger partial charge in [-0.05, 0) is 12.8 Å². The quantitative estimate of drug-likeness (QED) is 0.604. The molecule has 3 heteroatoms. The molecule has 5 unspecified atom stereocenters. The van der Waals surface area contributed by atoms with Gasteiger partial charge in [-0.3, -0.25) is 0 Å². The van der Waals surface area contributed by atoms with E-state index in [1.165, 1.54) is 0 Å². The highest BCUT2D eigenvalue weighted by atomic mass is 16.6. The summed E-state index contributed by atoms with van der Waals surface area (Å²) in [6, 6.07) is 0. The van der Waals surface area contributed by atoms with Gasteiger partial charge in [0.1, 0.15) is 12.2 Å². The first kappa shape index (κ1) is 9.58.